The number of hydrogen-bond acceptors (Lipinski definition) is 9. The molecule has 0 aliphatic heterocycles. The third kappa shape index (κ3) is 12.6. The van der Waals surface area contributed by atoms with Gasteiger partial charge >= 0.3 is 6.09 Å². The van der Waals surface area contributed by atoms with E-state index in [0.717, 1.165) is 18.4 Å². The lowest BCUT2D eigenvalue weighted by Gasteiger charge is -2.23. The van der Waals surface area contributed by atoms with E-state index in [1.165, 1.54) is 24.3 Å². The third-order valence-corrected chi connectivity index (χ3v) is 5.90. The molecule has 2 aromatic rings. The fourth-order valence-electron chi connectivity index (χ4n) is 3.24. The molecule has 222 valence electrons. The van der Waals surface area contributed by atoms with Gasteiger partial charge in [-0.2, -0.15) is 0 Å². The molecule has 14 heteroatoms. The van der Waals surface area contributed by atoms with Crippen LogP contribution in [0.2, 0.25) is 0 Å². The summed E-state index contributed by atoms with van der Waals surface area (Å²) in [5, 5.41) is 15.2. The van der Waals surface area contributed by atoms with Gasteiger partial charge in [-0.25, -0.2) is 4.79 Å². The van der Waals surface area contributed by atoms with Crippen molar-refractivity contribution in [1.29, 1.82) is 0 Å². The van der Waals surface area contributed by atoms with E-state index < -0.39 is 39.7 Å². The Kier molecular flexibility index (Phi) is 12.9. The predicted octanol–water partition coefficient (Wildman–Crippen LogP) is 4.32. The number of para-hydroxylation sites is 2. The summed E-state index contributed by atoms with van der Waals surface area (Å²) >= 11 is 0.534. The molecule has 2 aromatic carbocycles. The van der Waals surface area contributed by atoms with E-state index >= 15 is 0 Å². The standard InChI is InChI=1S/C27H35N5O8S/c1-5-6-15-39-19-13-11-18(12-14-19)16-21(29-25(35)40-27(2,3)4)24(34)30-31-26(36)41-17-23(33)28-20-9-7-8-10-22(20)32(37)38/h7-14,21H,5-6,15-17H2,1-4H3,(H,28,33)(H,29,35)(H,30,34)(H,31,36)/t21-/m0/s1. The molecule has 0 radical (unpaired) electrons. The van der Waals surface area contributed by atoms with Crippen molar-refractivity contribution in [2.24, 2.45) is 0 Å². The van der Waals surface area contributed by atoms with E-state index in [1.807, 2.05) is 0 Å². The van der Waals surface area contributed by atoms with Crippen LogP contribution < -0.4 is 26.2 Å². The number of nitro groups is 1. The lowest BCUT2D eigenvalue weighted by molar-refractivity contribution is -0.383. The second kappa shape index (κ2) is 16.1. The number of nitro benzene ring substituents is 1. The monoisotopic (exact) mass is 589 g/mol. The summed E-state index contributed by atoms with van der Waals surface area (Å²) in [6.07, 6.45) is 1.20. The Balaban J connectivity index is 1.95. The molecule has 0 aliphatic carbocycles. The zero-order valence-corrected chi connectivity index (χ0v) is 24.2. The number of ether oxygens (including phenoxy) is 2. The van der Waals surface area contributed by atoms with E-state index in [-0.39, 0.29) is 23.5 Å². The second-order valence-electron chi connectivity index (χ2n) is 9.76. The number of hydrazine groups is 1. The van der Waals surface area contributed by atoms with Crippen molar-refractivity contribution in [3.05, 3.63) is 64.2 Å². The Morgan fingerprint density at radius 2 is 1.71 bits per heavy atom. The van der Waals surface area contributed by atoms with Gasteiger partial charge in [-0.05, 0) is 51.0 Å². The van der Waals surface area contributed by atoms with E-state index in [0.29, 0.717) is 24.1 Å². The Hall–Kier alpha value is -4.33. The lowest BCUT2D eigenvalue weighted by atomic mass is 10.1. The van der Waals surface area contributed by atoms with Crippen LogP contribution in [0.15, 0.2) is 48.5 Å². The first-order valence-corrected chi connectivity index (χ1v) is 13.8. The summed E-state index contributed by atoms with van der Waals surface area (Å²) in [5.41, 5.74) is 4.05. The number of thioether (sulfide) groups is 1. The van der Waals surface area contributed by atoms with Crippen LogP contribution in [0, 0.1) is 10.1 Å². The van der Waals surface area contributed by atoms with E-state index in [2.05, 4.69) is 28.4 Å². The molecular formula is C27H35N5O8S. The number of carbonyl (C=O) groups excluding carboxylic acids is 4. The van der Waals surface area contributed by atoms with Gasteiger partial charge in [0.15, 0.2) is 0 Å². The van der Waals surface area contributed by atoms with Crippen LogP contribution in [0.5, 0.6) is 5.75 Å². The highest BCUT2D eigenvalue weighted by atomic mass is 32.2. The van der Waals surface area contributed by atoms with Crippen molar-refractivity contribution >= 4 is 46.3 Å². The number of amides is 4. The van der Waals surface area contributed by atoms with E-state index in [4.69, 9.17) is 9.47 Å². The molecule has 0 saturated carbocycles. The summed E-state index contributed by atoms with van der Waals surface area (Å²) in [6.45, 7) is 7.70. The van der Waals surface area contributed by atoms with Gasteiger partial charge in [0, 0.05) is 12.5 Å². The van der Waals surface area contributed by atoms with Crippen LogP contribution in [0.3, 0.4) is 0 Å². The SMILES string of the molecule is CCCCOc1ccc(C[C@H](NC(=O)OC(C)(C)C)C(=O)NNC(=O)SCC(=O)Nc2ccccc2[N+](=O)[O-])cc1. The van der Waals surface area contributed by atoms with Crippen molar-refractivity contribution in [2.45, 2.75) is 58.6 Å². The van der Waals surface area contributed by atoms with E-state index in [9.17, 15) is 29.3 Å². The molecule has 2 rings (SSSR count). The summed E-state index contributed by atoms with van der Waals surface area (Å²) in [4.78, 5) is 60.2. The number of hydrogen-bond donors (Lipinski definition) is 4. The average molecular weight is 590 g/mol. The van der Waals surface area contributed by atoms with Crippen LogP contribution in [-0.2, 0) is 20.7 Å². The highest BCUT2D eigenvalue weighted by molar-refractivity contribution is 8.14. The Morgan fingerprint density at radius 1 is 1.02 bits per heavy atom. The Labute approximate surface area is 242 Å². The first-order chi connectivity index (χ1) is 19.4. The number of alkyl carbamates (subject to hydrolysis) is 1. The summed E-state index contributed by atoms with van der Waals surface area (Å²) in [7, 11) is 0. The zero-order chi connectivity index (χ0) is 30.4. The van der Waals surface area contributed by atoms with Gasteiger partial charge in [-0.3, -0.25) is 35.3 Å². The largest absolute Gasteiger partial charge is 0.494 e. The van der Waals surface area contributed by atoms with Crippen molar-refractivity contribution < 1.29 is 33.6 Å². The fourth-order valence-corrected chi connectivity index (χ4v) is 3.70. The van der Waals surface area contributed by atoms with Gasteiger partial charge in [-0.15, -0.1) is 0 Å². The summed E-state index contributed by atoms with van der Waals surface area (Å²) < 4.78 is 10.9. The lowest BCUT2D eigenvalue weighted by Crippen LogP contribution is -2.53. The number of unbranched alkanes of at least 4 members (excludes halogenated alkanes) is 1. The molecule has 4 amide bonds. The second-order valence-corrected chi connectivity index (χ2v) is 10.7. The van der Waals surface area contributed by atoms with Crippen molar-refractivity contribution in [3.63, 3.8) is 0 Å². The highest BCUT2D eigenvalue weighted by Crippen LogP contribution is 2.23. The highest BCUT2D eigenvalue weighted by Gasteiger charge is 2.25. The third-order valence-electron chi connectivity index (χ3n) is 5.13. The number of nitrogens with zero attached hydrogens (tertiary/aromatic N) is 1. The van der Waals surface area contributed by atoms with E-state index in [1.54, 1.807) is 45.0 Å². The maximum Gasteiger partial charge on any atom is 0.408 e. The molecule has 13 nitrogen and oxygen atoms in total. The molecular weight excluding hydrogens is 554 g/mol. The van der Waals surface area contributed by atoms with Crippen LogP contribution in [0.4, 0.5) is 21.0 Å². The van der Waals surface area contributed by atoms with Crippen LogP contribution in [-0.4, -0.2) is 52.1 Å². The number of anilines is 1. The first-order valence-electron chi connectivity index (χ1n) is 12.8. The molecule has 0 bridgehead atoms. The number of nitrogens with one attached hydrogen (secondary N) is 4. The predicted molar refractivity (Wildman–Crippen MR) is 155 cm³/mol. The normalized spacial score (nSPS) is 11.5. The fraction of sp³-hybridized carbons (Fsp3) is 0.407. The molecule has 0 aliphatic rings. The molecule has 1 atom stereocenters. The average Bonchev–Trinajstić information content (AvgIpc) is 2.90. The summed E-state index contributed by atoms with van der Waals surface area (Å²) in [6, 6.07) is 11.5. The summed E-state index contributed by atoms with van der Waals surface area (Å²) in [5.74, 6) is -1.08. The maximum atomic E-state index is 12.9. The molecule has 0 aromatic heterocycles. The number of carbonyl (C=O) groups is 4. The van der Waals surface area contributed by atoms with Gasteiger partial charge in [0.2, 0.25) is 5.91 Å². The van der Waals surface area contributed by atoms with Gasteiger partial charge in [-0.1, -0.05) is 49.4 Å². The van der Waals surface area contributed by atoms with Crippen LogP contribution >= 0.6 is 11.8 Å². The minimum Gasteiger partial charge on any atom is -0.494 e. The van der Waals surface area contributed by atoms with Gasteiger partial charge in [0.25, 0.3) is 16.8 Å². The van der Waals surface area contributed by atoms with Gasteiger partial charge in [0.1, 0.15) is 23.1 Å². The molecule has 0 spiro atoms. The maximum absolute atomic E-state index is 12.9. The quantitative estimate of drug-likeness (QED) is 0.159. The van der Waals surface area contributed by atoms with Crippen molar-refractivity contribution in [1.82, 2.24) is 16.2 Å². The van der Waals surface area contributed by atoms with Crippen molar-refractivity contribution in [3.8, 4) is 5.75 Å². The number of benzene rings is 2. The zero-order valence-electron chi connectivity index (χ0n) is 23.4. The van der Waals surface area contributed by atoms with Crippen molar-refractivity contribution in [2.75, 3.05) is 17.7 Å². The minimum absolute atomic E-state index is 0.00609. The molecule has 41 heavy (non-hydrogen) atoms. The molecule has 0 heterocycles. The topological polar surface area (TPSA) is 178 Å². The van der Waals surface area contributed by atoms with Crippen LogP contribution in [0.1, 0.15) is 46.1 Å². The first kappa shape index (κ1) is 32.9. The molecule has 0 saturated heterocycles. The van der Waals surface area contributed by atoms with Gasteiger partial charge in [0.05, 0.1) is 17.3 Å². The molecule has 0 fully saturated rings. The smallest absolute Gasteiger partial charge is 0.408 e. The Morgan fingerprint density at radius 3 is 2.34 bits per heavy atom. The molecule has 4 N–H and O–H groups in total. The van der Waals surface area contributed by atoms with Crippen LogP contribution in [0.25, 0.3) is 0 Å². The van der Waals surface area contributed by atoms with Gasteiger partial charge < -0.3 is 20.1 Å². The molecule has 0 unspecified atom stereocenters. The number of rotatable bonds is 12. The minimum atomic E-state index is -1.11. The Bertz CT molecular complexity index is 1220.